The predicted molar refractivity (Wildman–Crippen MR) is 104 cm³/mol. The van der Waals surface area contributed by atoms with Crippen molar-refractivity contribution >= 4 is 20.0 Å². The molecule has 0 radical (unpaired) electrons. The fraction of sp³-hybridized carbons (Fsp3) is 0.368. The summed E-state index contributed by atoms with van der Waals surface area (Å²) < 4.78 is 81.5. The maximum Gasteiger partial charge on any atom is 0.243 e. The van der Waals surface area contributed by atoms with Gasteiger partial charge in [-0.3, -0.25) is 0 Å². The molecule has 0 saturated carbocycles. The van der Waals surface area contributed by atoms with Gasteiger partial charge in [0, 0.05) is 26.2 Å². The third-order valence-electron chi connectivity index (χ3n) is 4.95. The van der Waals surface area contributed by atoms with Gasteiger partial charge in [-0.25, -0.2) is 25.6 Å². The van der Waals surface area contributed by atoms with Gasteiger partial charge in [0.25, 0.3) is 0 Å². The molecule has 3 rings (SSSR count). The van der Waals surface area contributed by atoms with Gasteiger partial charge in [0.2, 0.25) is 20.0 Å². The normalized spacial score (nSPS) is 17.2. The first-order valence-electron chi connectivity index (χ1n) is 9.06. The Balaban J connectivity index is 1.87. The minimum absolute atomic E-state index is 0.0775. The molecule has 1 heterocycles. The van der Waals surface area contributed by atoms with Crippen molar-refractivity contribution in [2.45, 2.75) is 30.1 Å². The number of halogens is 2. The minimum Gasteiger partial charge on any atom is -0.207 e. The average molecular weight is 445 g/mol. The third-order valence-corrected chi connectivity index (χ3v) is 9.03. The van der Waals surface area contributed by atoms with E-state index in [0.717, 1.165) is 12.1 Å². The minimum atomic E-state index is -3.98. The third kappa shape index (κ3) is 4.35. The number of nitrogens with zero attached hydrogens (tertiary/aromatic N) is 2. The lowest BCUT2D eigenvalue weighted by Crippen LogP contribution is -2.37. The van der Waals surface area contributed by atoms with Crippen LogP contribution in [-0.4, -0.2) is 51.6 Å². The number of hydrogen-bond acceptors (Lipinski definition) is 4. The van der Waals surface area contributed by atoms with Gasteiger partial charge < -0.3 is 0 Å². The number of hydrogen-bond donors (Lipinski definition) is 0. The first kappa shape index (κ1) is 21.8. The maximum atomic E-state index is 13.6. The van der Waals surface area contributed by atoms with Crippen LogP contribution in [0.2, 0.25) is 0 Å². The van der Waals surface area contributed by atoms with Gasteiger partial charge in [0.05, 0.1) is 9.79 Å². The van der Waals surface area contributed by atoms with Crippen molar-refractivity contribution in [3.63, 3.8) is 0 Å². The summed E-state index contributed by atoms with van der Waals surface area (Å²) in [4.78, 5) is -0.260. The molecule has 6 nitrogen and oxygen atoms in total. The zero-order valence-corrected chi connectivity index (χ0v) is 17.7. The molecule has 2 aromatic rings. The Morgan fingerprint density at radius 1 is 0.690 bits per heavy atom. The summed E-state index contributed by atoms with van der Waals surface area (Å²) in [6.07, 6.45) is 0.265. The van der Waals surface area contributed by atoms with E-state index < -0.39 is 31.7 Å². The van der Waals surface area contributed by atoms with E-state index in [4.69, 9.17) is 0 Å². The highest BCUT2D eigenvalue weighted by molar-refractivity contribution is 7.89. The molecule has 1 aliphatic heterocycles. The number of rotatable bonds is 4. The fourth-order valence-corrected chi connectivity index (χ4v) is 6.74. The molecule has 0 atom stereocenters. The topological polar surface area (TPSA) is 74.8 Å². The van der Waals surface area contributed by atoms with Crippen LogP contribution >= 0.6 is 0 Å². The second-order valence-corrected chi connectivity index (χ2v) is 10.8. The second-order valence-electron chi connectivity index (χ2n) is 6.98. The van der Waals surface area contributed by atoms with Crippen LogP contribution < -0.4 is 0 Å². The van der Waals surface area contributed by atoms with Crippen molar-refractivity contribution in [3.05, 3.63) is 59.2 Å². The first-order chi connectivity index (χ1) is 13.5. The van der Waals surface area contributed by atoms with Gasteiger partial charge in [-0.2, -0.15) is 8.61 Å². The van der Waals surface area contributed by atoms with E-state index in [1.807, 2.05) is 0 Å². The molecule has 2 aromatic carbocycles. The summed E-state index contributed by atoms with van der Waals surface area (Å²) in [5.41, 5.74) is 0.825. The van der Waals surface area contributed by atoms with Crippen LogP contribution in [-0.2, 0) is 20.0 Å². The summed E-state index contributed by atoms with van der Waals surface area (Å²) >= 11 is 0. The summed E-state index contributed by atoms with van der Waals surface area (Å²) in [5.74, 6) is -1.32. The van der Waals surface area contributed by atoms with Crippen LogP contribution in [0.4, 0.5) is 8.78 Å². The molecule has 1 saturated heterocycles. The Morgan fingerprint density at radius 3 is 1.45 bits per heavy atom. The highest BCUT2D eigenvalue weighted by Gasteiger charge is 2.33. The monoisotopic (exact) mass is 444 g/mol. The Kier molecular flexibility index (Phi) is 6.09. The lowest BCUT2D eigenvalue weighted by atomic mass is 10.2. The Hall–Kier alpha value is -1.88. The van der Waals surface area contributed by atoms with Crippen molar-refractivity contribution in [1.29, 1.82) is 0 Å². The molecule has 0 aliphatic carbocycles. The van der Waals surface area contributed by atoms with Gasteiger partial charge in [-0.05, 0) is 55.7 Å². The number of aryl methyl sites for hydroxylation is 2. The van der Waals surface area contributed by atoms with Crippen molar-refractivity contribution < 1.29 is 25.6 Å². The van der Waals surface area contributed by atoms with Gasteiger partial charge in [0.15, 0.2) is 0 Å². The van der Waals surface area contributed by atoms with Crippen LogP contribution in [0.25, 0.3) is 0 Å². The van der Waals surface area contributed by atoms with Crippen LogP contribution in [0.5, 0.6) is 0 Å². The van der Waals surface area contributed by atoms with E-state index in [1.54, 1.807) is 13.8 Å². The quantitative estimate of drug-likeness (QED) is 0.727. The zero-order chi connectivity index (χ0) is 21.4. The van der Waals surface area contributed by atoms with Gasteiger partial charge in [0.1, 0.15) is 11.6 Å². The highest BCUT2D eigenvalue weighted by Crippen LogP contribution is 2.25. The summed E-state index contributed by atoms with van der Waals surface area (Å²) in [5, 5.41) is 0. The van der Waals surface area contributed by atoms with E-state index >= 15 is 0 Å². The standard InChI is InChI=1S/C19H22F2N2O4S2/c1-14-4-6-16(20)12-18(14)28(24,25)22-8-3-9-23(11-10-22)29(26,27)19-13-17(21)7-5-15(19)2/h4-7,12-13H,3,8-11H2,1-2H3. The number of sulfonamides is 2. The Labute approximate surface area is 169 Å². The van der Waals surface area contributed by atoms with E-state index in [1.165, 1.54) is 32.9 Å². The smallest absolute Gasteiger partial charge is 0.207 e. The predicted octanol–water partition coefficient (Wildman–Crippen LogP) is 2.67. The van der Waals surface area contributed by atoms with Gasteiger partial charge in [-0.1, -0.05) is 12.1 Å². The largest absolute Gasteiger partial charge is 0.243 e. The zero-order valence-electron chi connectivity index (χ0n) is 16.1. The summed E-state index contributed by atoms with van der Waals surface area (Å²) in [7, 11) is -7.95. The molecule has 0 bridgehead atoms. The molecule has 10 heteroatoms. The molecular formula is C19H22F2N2O4S2. The SMILES string of the molecule is Cc1ccc(F)cc1S(=O)(=O)N1CCCN(S(=O)(=O)c2cc(F)ccc2C)CC1. The van der Waals surface area contributed by atoms with E-state index in [0.29, 0.717) is 11.1 Å². The molecule has 0 N–H and O–H groups in total. The van der Waals surface area contributed by atoms with Crippen molar-refractivity contribution in [2.24, 2.45) is 0 Å². The summed E-state index contributed by atoms with van der Waals surface area (Å²) in [6, 6.07) is 7.10. The molecule has 1 fully saturated rings. The van der Waals surface area contributed by atoms with E-state index in [-0.39, 0.29) is 42.4 Å². The van der Waals surface area contributed by atoms with Crippen LogP contribution in [0.3, 0.4) is 0 Å². The van der Waals surface area contributed by atoms with E-state index in [9.17, 15) is 25.6 Å². The van der Waals surface area contributed by atoms with Crippen molar-refractivity contribution in [1.82, 2.24) is 8.61 Å². The molecule has 0 unspecified atom stereocenters. The van der Waals surface area contributed by atoms with Crippen molar-refractivity contribution in [3.8, 4) is 0 Å². The van der Waals surface area contributed by atoms with Crippen LogP contribution in [0.1, 0.15) is 17.5 Å². The molecule has 158 valence electrons. The highest BCUT2D eigenvalue weighted by atomic mass is 32.2. The summed E-state index contributed by atoms with van der Waals surface area (Å²) in [6.45, 7) is 3.21. The molecule has 0 aromatic heterocycles. The second kappa shape index (κ2) is 8.10. The van der Waals surface area contributed by atoms with Gasteiger partial charge in [-0.15, -0.1) is 0 Å². The van der Waals surface area contributed by atoms with E-state index in [2.05, 4.69) is 0 Å². The molecule has 0 amide bonds. The molecule has 0 spiro atoms. The van der Waals surface area contributed by atoms with Crippen molar-refractivity contribution in [2.75, 3.05) is 26.2 Å². The van der Waals surface area contributed by atoms with Crippen LogP contribution in [0, 0.1) is 25.5 Å². The van der Waals surface area contributed by atoms with Gasteiger partial charge >= 0.3 is 0 Å². The fourth-order valence-electron chi connectivity index (χ4n) is 3.33. The Morgan fingerprint density at radius 2 is 1.07 bits per heavy atom. The first-order valence-corrected chi connectivity index (χ1v) is 11.9. The van der Waals surface area contributed by atoms with Crippen LogP contribution in [0.15, 0.2) is 46.2 Å². The molecule has 1 aliphatic rings. The molecule has 29 heavy (non-hydrogen) atoms. The average Bonchev–Trinajstić information content (AvgIpc) is 2.93. The number of benzene rings is 2. The lowest BCUT2D eigenvalue weighted by Gasteiger charge is -2.23. The maximum absolute atomic E-state index is 13.6. The Bertz CT molecular complexity index is 1050. The molecular weight excluding hydrogens is 422 g/mol. The lowest BCUT2D eigenvalue weighted by molar-refractivity contribution is 0.404.